The molecule has 2 heterocycles. The average Bonchev–Trinajstić information content (AvgIpc) is 3.10. The molecule has 0 aliphatic heterocycles. The number of hydrogen-bond donors (Lipinski definition) is 3. The first-order valence-electron chi connectivity index (χ1n) is 9.02. The Hall–Kier alpha value is -3.97. The summed E-state index contributed by atoms with van der Waals surface area (Å²) in [5.74, 6) is 0.837. The number of hydrogen-bond acceptors (Lipinski definition) is 9. The summed E-state index contributed by atoms with van der Waals surface area (Å²) in [6, 6.07) is 5.46. The number of ether oxygens (including phenoxy) is 3. The van der Waals surface area contributed by atoms with Crippen LogP contribution in [0.2, 0.25) is 0 Å². The molecule has 0 aliphatic rings. The number of carbonyl (C=O) groups excluding carboxylic acids is 1. The van der Waals surface area contributed by atoms with Gasteiger partial charge in [-0.1, -0.05) is 6.08 Å². The fourth-order valence-electron chi connectivity index (χ4n) is 3.21. The van der Waals surface area contributed by atoms with Gasteiger partial charge in [-0.25, -0.2) is 4.98 Å². The summed E-state index contributed by atoms with van der Waals surface area (Å²) >= 11 is 1.09. The van der Waals surface area contributed by atoms with E-state index < -0.39 is 0 Å². The zero-order valence-corrected chi connectivity index (χ0v) is 18.1. The molecule has 3 aromatic rings. The van der Waals surface area contributed by atoms with Gasteiger partial charge in [-0.05, 0) is 17.7 Å². The number of nitrogen functional groups attached to an aromatic ring is 2. The van der Waals surface area contributed by atoms with Gasteiger partial charge in [-0.3, -0.25) is 4.79 Å². The molecule has 2 aromatic heterocycles. The predicted octanol–water partition coefficient (Wildman–Crippen LogP) is 2.94. The molecule has 0 atom stereocenters. The molecule has 1 aromatic carbocycles. The van der Waals surface area contributed by atoms with Gasteiger partial charge in [0.2, 0.25) is 5.75 Å². The van der Waals surface area contributed by atoms with Crippen LogP contribution in [0, 0.1) is 11.3 Å². The Morgan fingerprint density at radius 3 is 2.42 bits per heavy atom. The van der Waals surface area contributed by atoms with Crippen LogP contribution >= 0.6 is 11.3 Å². The Labute approximate surface area is 182 Å². The summed E-state index contributed by atoms with van der Waals surface area (Å²) in [5, 5.41) is 13.0. The number of nitrogens with zero attached hydrogens (tertiary/aromatic N) is 2. The highest BCUT2D eigenvalue weighted by Crippen LogP contribution is 2.47. The smallest absolute Gasteiger partial charge is 0.263 e. The maximum atomic E-state index is 12.6. The van der Waals surface area contributed by atoms with Crippen LogP contribution in [0.5, 0.6) is 17.2 Å². The van der Waals surface area contributed by atoms with Crippen molar-refractivity contribution >= 4 is 39.0 Å². The highest BCUT2D eigenvalue weighted by molar-refractivity contribution is 7.21. The van der Waals surface area contributed by atoms with Gasteiger partial charge in [0.15, 0.2) is 11.5 Å². The van der Waals surface area contributed by atoms with Crippen LogP contribution in [0.1, 0.15) is 15.2 Å². The van der Waals surface area contributed by atoms with Crippen LogP contribution in [0.4, 0.5) is 11.5 Å². The Balaban J connectivity index is 2.39. The highest BCUT2D eigenvalue weighted by Gasteiger charge is 2.25. The maximum Gasteiger partial charge on any atom is 0.263 e. The highest BCUT2D eigenvalue weighted by atomic mass is 32.1. The van der Waals surface area contributed by atoms with E-state index in [-0.39, 0.29) is 34.4 Å². The van der Waals surface area contributed by atoms with Gasteiger partial charge in [-0.15, -0.1) is 17.9 Å². The van der Waals surface area contributed by atoms with E-state index >= 15 is 0 Å². The minimum Gasteiger partial charge on any atom is -0.493 e. The molecule has 3 rings (SSSR count). The Morgan fingerprint density at radius 2 is 1.90 bits per heavy atom. The van der Waals surface area contributed by atoms with Crippen LogP contribution < -0.4 is 31.0 Å². The molecule has 10 heteroatoms. The number of nitrogens with two attached hydrogens (primary N) is 2. The van der Waals surface area contributed by atoms with E-state index in [1.165, 1.54) is 21.3 Å². The van der Waals surface area contributed by atoms with Crippen molar-refractivity contribution in [3.8, 4) is 34.4 Å². The Bertz CT molecular complexity index is 1200. The number of anilines is 2. The van der Waals surface area contributed by atoms with Crippen LogP contribution in [0.25, 0.3) is 21.3 Å². The quantitative estimate of drug-likeness (QED) is 0.476. The van der Waals surface area contributed by atoms with Gasteiger partial charge in [-0.2, -0.15) is 5.26 Å². The summed E-state index contributed by atoms with van der Waals surface area (Å²) in [5.41, 5.74) is 13.8. The molecular formula is C21H21N5O4S. The van der Waals surface area contributed by atoms with Gasteiger partial charge in [0, 0.05) is 17.5 Å². The molecule has 0 unspecified atom stereocenters. The average molecular weight is 439 g/mol. The molecule has 31 heavy (non-hydrogen) atoms. The summed E-state index contributed by atoms with van der Waals surface area (Å²) in [6.07, 6.45) is 1.56. The second-order valence-corrected chi connectivity index (χ2v) is 7.30. The van der Waals surface area contributed by atoms with E-state index in [2.05, 4.69) is 22.9 Å². The lowest BCUT2D eigenvalue weighted by molar-refractivity contribution is 0.0963. The third kappa shape index (κ3) is 3.67. The van der Waals surface area contributed by atoms with Gasteiger partial charge in [0.25, 0.3) is 5.91 Å². The lowest BCUT2D eigenvalue weighted by Gasteiger charge is -2.16. The Morgan fingerprint density at radius 1 is 1.26 bits per heavy atom. The number of fused-ring (bicyclic) bond motifs is 1. The normalized spacial score (nSPS) is 10.4. The summed E-state index contributed by atoms with van der Waals surface area (Å²) in [6.45, 7) is 3.87. The number of nitrogens with one attached hydrogen (secondary N) is 1. The number of pyridine rings is 1. The molecule has 0 aliphatic carbocycles. The van der Waals surface area contributed by atoms with Crippen LogP contribution in [0.3, 0.4) is 0 Å². The molecule has 0 bridgehead atoms. The van der Waals surface area contributed by atoms with E-state index in [0.717, 1.165) is 11.3 Å². The van der Waals surface area contributed by atoms with E-state index in [4.69, 9.17) is 25.7 Å². The zero-order chi connectivity index (χ0) is 22.7. The molecule has 1 amide bonds. The molecule has 0 radical (unpaired) electrons. The molecule has 0 saturated carbocycles. The van der Waals surface area contributed by atoms with Crippen molar-refractivity contribution in [1.82, 2.24) is 10.3 Å². The number of amides is 1. The van der Waals surface area contributed by atoms with E-state index in [1.807, 2.05) is 0 Å². The summed E-state index contributed by atoms with van der Waals surface area (Å²) in [4.78, 5) is 17.6. The minimum atomic E-state index is -0.367. The SMILES string of the molecule is C=CCNC(=O)c1sc2nc(N)c(C#N)c(-c3cc(OC)c(OC)c(OC)c3)c2c1N. The molecule has 0 saturated heterocycles. The van der Waals surface area contributed by atoms with Gasteiger partial charge >= 0.3 is 0 Å². The molecule has 0 spiro atoms. The van der Waals surface area contributed by atoms with Crippen molar-refractivity contribution in [1.29, 1.82) is 5.26 Å². The molecule has 0 fully saturated rings. The van der Waals surface area contributed by atoms with Gasteiger partial charge in [0.05, 0.1) is 27.0 Å². The van der Waals surface area contributed by atoms with Gasteiger partial charge < -0.3 is 31.0 Å². The molecule has 160 valence electrons. The minimum absolute atomic E-state index is 0.0260. The number of methoxy groups -OCH3 is 3. The second kappa shape index (κ2) is 8.81. The predicted molar refractivity (Wildman–Crippen MR) is 121 cm³/mol. The third-order valence-corrected chi connectivity index (χ3v) is 5.68. The fourth-order valence-corrected chi connectivity index (χ4v) is 4.24. The number of thiophene rings is 1. The van der Waals surface area contributed by atoms with Crippen LogP contribution in [-0.2, 0) is 0 Å². The number of benzene rings is 1. The lowest BCUT2D eigenvalue weighted by Crippen LogP contribution is -2.22. The summed E-state index contributed by atoms with van der Waals surface area (Å²) in [7, 11) is 4.47. The zero-order valence-electron chi connectivity index (χ0n) is 17.2. The largest absolute Gasteiger partial charge is 0.493 e. The van der Waals surface area contributed by atoms with Crippen molar-refractivity contribution in [2.45, 2.75) is 0 Å². The van der Waals surface area contributed by atoms with Crippen molar-refractivity contribution < 1.29 is 19.0 Å². The number of nitriles is 1. The van der Waals surface area contributed by atoms with Crippen molar-refractivity contribution in [3.05, 3.63) is 35.2 Å². The van der Waals surface area contributed by atoms with Crippen LogP contribution in [0.15, 0.2) is 24.8 Å². The molecular weight excluding hydrogens is 418 g/mol. The second-order valence-electron chi connectivity index (χ2n) is 6.30. The van der Waals surface area contributed by atoms with Crippen molar-refractivity contribution in [2.75, 3.05) is 39.3 Å². The summed E-state index contributed by atoms with van der Waals surface area (Å²) < 4.78 is 16.3. The Kier molecular flexibility index (Phi) is 6.17. The fraction of sp³-hybridized carbons (Fsp3) is 0.190. The topological polar surface area (TPSA) is 146 Å². The molecule has 9 nitrogen and oxygen atoms in total. The number of rotatable bonds is 7. The molecule has 5 N–H and O–H groups in total. The first-order chi connectivity index (χ1) is 14.9. The van der Waals surface area contributed by atoms with E-state index in [1.54, 1.807) is 18.2 Å². The van der Waals surface area contributed by atoms with E-state index in [9.17, 15) is 10.1 Å². The monoisotopic (exact) mass is 439 g/mol. The van der Waals surface area contributed by atoms with Gasteiger partial charge in [0.1, 0.15) is 27.2 Å². The standard InChI is InChI=1S/C21H21N5O4S/c1-5-6-25-20(27)18-16(23)15-14(11(9-22)19(24)26-21(15)31-18)10-7-12(28-2)17(30-4)13(8-10)29-3/h5,7-8H,1,6,23H2,2-4H3,(H2,24,26)(H,25,27). The van der Waals surface area contributed by atoms with Crippen LogP contribution in [-0.4, -0.2) is 38.8 Å². The number of carbonyl (C=O) groups is 1. The first kappa shape index (κ1) is 21.7. The van der Waals surface area contributed by atoms with Crippen molar-refractivity contribution in [2.24, 2.45) is 0 Å². The number of aromatic nitrogens is 1. The van der Waals surface area contributed by atoms with E-state index in [0.29, 0.717) is 38.6 Å². The third-order valence-electron chi connectivity index (χ3n) is 4.58. The first-order valence-corrected chi connectivity index (χ1v) is 9.84. The lowest BCUT2D eigenvalue weighted by atomic mass is 9.96. The maximum absolute atomic E-state index is 12.6. The van der Waals surface area contributed by atoms with Crippen molar-refractivity contribution in [3.63, 3.8) is 0 Å².